The van der Waals surface area contributed by atoms with Crippen LogP contribution in [0.4, 0.5) is 5.13 Å². The van der Waals surface area contributed by atoms with Crippen molar-refractivity contribution in [3.63, 3.8) is 0 Å². The number of ether oxygens (including phenoxy) is 1. The number of nitrogens with zero attached hydrogens (tertiary/aromatic N) is 2. The van der Waals surface area contributed by atoms with Gasteiger partial charge >= 0.3 is 0 Å². The van der Waals surface area contributed by atoms with Gasteiger partial charge in [-0.25, -0.2) is 0 Å². The molecule has 0 aliphatic carbocycles. The number of benzene rings is 1. The lowest BCUT2D eigenvalue weighted by atomic mass is 10.4. The summed E-state index contributed by atoms with van der Waals surface area (Å²) in [5.74, 6) is 0.710. The summed E-state index contributed by atoms with van der Waals surface area (Å²) in [7, 11) is 0. The fraction of sp³-hybridized carbons (Fsp3) is 0.400. The lowest BCUT2D eigenvalue weighted by Gasteiger charge is -2.01. The van der Waals surface area contributed by atoms with Crippen molar-refractivity contribution >= 4 is 34.1 Å². The quantitative estimate of drug-likeness (QED) is 0.562. The van der Waals surface area contributed by atoms with Gasteiger partial charge in [0.25, 0.3) is 0 Å². The van der Waals surface area contributed by atoms with E-state index in [1.54, 1.807) is 11.8 Å². The van der Waals surface area contributed by atoms with Gasteiger partial charge in [-0.2, -0.15) is 0 Å². The minimum atomic E-state index is -0.0315. The highest BCUT2D eigenvalue weighted by Gasteiger charge is 2.08. The van der Waals surface area contributed by atoms with E-state index in [-0.39, 0.29) is 5.91 Å². The monoisotopic (exact) mass is 337 g/mol. The molecule has 1 aromatic heterocycles. The standard InChI is InChI=1S/C15H19N3O2S2/c1-2-20-10-8-14-17-18-15(22-14)16-13(19)9-11-21-12-6-4-3-5-7-12/h3-7H,2,8-11H2,1H3,(H,16,18,19). The van der Waals surface area contributed by atoms with Gasteiger partial charge in [-0.15, -0.1) is 22.0 Å². The van der Waals surface area contributed by atoms with Crippen molar-refractivity contribution in [1.29, 1.82) is 0 Å². The topological polar surface area (TPSA) is 64.1 Å². The van der Waals surface area contributed by atoms with E-state index in [0.717, 1.165) is 17.2 Å². The molecule has 1 amide bonds. The summed E-state index contributed by atoms with van der Waals surface area (Å²) < 4.78 is 5.27. The molecule has 0 fully saturated rings. The van der Waals surface area contributed by atoms with Crippen molar-refractivity contribution in [2.45, 2.75) is 24.7 Å². The normalized spacial score (nSPS) is 10.6. The van der Waals surface area contributed by atoms with Gasteiger partial charge in [0.2, 0.25) is 11.0 Å². The number of amides is 1. The van der Waals surface area contributed by atoms with Gasteiger partial charge < -0.3 is 10.1 Å². The van der Waals surface area contributed by atoms with E-state index >= 15 is 0 Å². The zero-order chi connectivity index (χ0) is 15.6. The molecule has 0 atom stereocenters. The first-order valence-corrected chi connectivity index (χ1v) is 8.96. The molecule has 7 heteroatoms. The Morgan fingerprint density at radius 3 is 2.91 bits per heavy atom. The van der Waals surface area contributed by atoms with E-state index < -0.39 is 0 Å². The highest BCUT2D eigenvalue weighted by Crippen LogP contribution is 2.19. The zero-order valence-electron chi connectivity index (χ0n) is 12.4. The fourth-order valence-electron chi connectivity index (χ4n) is 1.67. The average molecular weight is 337 g/mol. The van der Waals surface area contributed by atoms with Crippen molar-refractivity contribution < 1.29 is 9.53 Å². The van der Waals surface area contributed by atoms with Gasteiger partial charge in [-0.3, -0.25) is 4.79 Å². The Labute approximate surface area is 138 Å². The van der Waals surface area contributed by atoms with Gasteiger partial charge in [0.15, 0.2) is 0 Å². The van der Waals surface area contributed by atoms with Crippen LogP contribution in [0.15, 0.2) is 35.2 Å². The molecule has 1 N–H and O–H groups in total. The van der Waals surface area contributed by atoms with Crippen LogP contribution >= 0.6 is 23.1 Å². The first-order valence-electron chi connectivity index (χ1n) is 7.15. The maximum atomic E-state index is 11.9. The van der Waals surface area contributed by atoms with Crippen molar-refractivity contribution in [1.82, 2.24) is 10.2 Å². The third kappa shape index (κ3) is 6.13. The predicted octanol–water partition coefficient (Wildman–Crippen LogP) is 3.24. The highest BCUT2D eigenvalue weighted by molar-refractivity contribution is 7.99. The molecule has 1 aromatic carbocycles. The third-order valence-electron chi connectivity index (χ3n) is 2.72. The number of aromatic nitrogens is 2. The molecule has 0 radical (unpaired) electrons. The first kappa shape index (κ1) is 16.9. The van der Waals surface area contributed by atoms with Crippen LogP contribution in [0.25, 0.3) is 0 Å². The van der Waals surface area contributed by atoms with Crippen LogP contribution in [0.3, 0.4) is 0 Å². The van der Waals surface area contributed by atoms with E-state index in [2.05, 4.69) is 15.5 Å². The summed E-state index contributed by atoms with van der Waals surface area (Å²) in [5.41, 5.74) is 0. The summed E-state index contributed by atoms with van der Waals surface area (Å²) in [6, 6.07) is 10.0. The summed E-state index contributed by atoms with van der Waals surface area (Å²) in [5, 5.41) is 12.2. The number of anilines is 1. The maximum absolute atomic E-state index is 11.9. The second-order valence-electron chi connectivity index (χ2n) is 4.41. The molecule has 0 saturated heterocycles. The van der Waals surface area contributed by atoms with Crippen LogP contribution < -0.4 is 5.32 Å². The minimum absolute atomic E-state index is 0.0315. The van der Waals surface area contributed by atoms with E-state index in [4.69, 9.17) is 4.74 Å². The Morgan fingerprint density at radius 1 is 1.32 bits per heavy atom. The van der Waals surface area contributed by atoms with Gasteiger partial charge in [-0.1, -0.05) is 29.5 Å². The fourth-order valence-corrected chi connectivity index (χ4v) is 3.28. The lowest BCUT2D eigenvalue weighted by Crippen LogP contribution is -2.11. The van der Waals surface area contributed by atoms with E-state index in [9.17, 15) is 4.79 Å². The smallest absolute Gasteiger partial charge is 0.227 e. The second-order valence-corrected chi connectivity index (χ2v) is 6.64. The van der Waals surface area contributed by atoms with E-state index in [1.165, 1.54) is 16.2 Å². The number of hydrogen-bond acceptors (Lipinski definition) is 6. The number of nitrogens with one attached hydrogen (secondary N) is 1. The van der Waals surface area contributed by atoms with Crippen molar-refractivity contribution in [3.05, 3.63) is 35.3 Å². The van der Waals surface area contributed by atoms with Gasteiger partial charge in [-0.05, 0) is 19.1 Å². The Kier molecular flexibility index (Phi) is 7.35. The molecule has 0 spiro atoms. The molecule has 0 unspecified atom stereocenters. The number of carbonyl (C=O) groups is 1. The van der Waals surface area contributed by atoms with Crippen molar-refractivity contribution in [3.8, 4) is 0 Å². The van der Waals surface area contributed by atoms with Crippen LogP contribution in [-0.4, -0.2) is 35.1 Å². The molecule has 0 aliphatic rings. The third-order valence-corrected chi connectivity index (χ3v) is 4.63. The Hall–Kier alpha value is -1.44. The molecular weight excluding hydrogens is 318 g/mol. The average Bonchev–Trinajstić information content (AvgIpc) is 2.96. The zero-order valence-corrected chi connectivity index (χ0v) is 14.1. The molecule has 0 saturated carbocycles. The highest BCUT2D eigenvalue weighted by atomic mass is 32.2. The van der Waals surface area contributed by atoms with Crippen LogP contribution in [-0.2, 0) is 16.0 Å². The molecule has 0 aliphatic heterocycles. The predicted molar refractivity (Wildman–Crippen MR) is 90.5 cm³/mol. The SMILES string of the molecule is CCOCCc1nnc(NC(=O)CCSc2ccccc2)s1. The Balaban J connectivity index is 1.68. The molecule has 5 nitrogen and oxygen atoms in total. The molecule has 0 bridgehead atoms. The summed E-state index contributed by atoms with van der Waals surface area (Å²) in [4.78, 5) is 13.0. The van der Waals surface area contributed by atoms with Crippen LogP contribution in [0.1, 0.15) is 18.4 Å². The van der Waals surface area contributed by atoms with E-state index in [0.29, 0.717) is 24.8 Å². The summed E-state index contributed by atoms with van der Waals surface area (Å²) >= 11 is 3.07. The molecule has 118 valence electrons. The Morgan fingerprint density at radius 2 is 2.14 bits per heavy atom. The molecular formula is C15H19N3O2S2. The second kappa shape index (κ2) is 9.55. The molecule has 1 heterocycles. The van der Waals surface area contributed by atoms with Crippen LogP contribution in [0.5, 0.6) is 0 Å². The molecule has 2 aromatic rings. The van der Waals surface area contributed by atoms with Gasteiger partial charge in [0.1, 0.15) is 5.01 Å². The first-order chi connectivity index (χ1) is 10.8. The maximum Gasteiger partial charge on any atom is 0.227 e. The van der Waals surface area contributed by atoms with Gasteiger partial charge in [0, 0.05) is 30.1 Å². The van der Waals surface area contributed by atoms with Crippen LogP contribution in [0.2, 0.25) is 0 Å². The van der Waals surface area contributed by atoms with Gasteiger partial charge in [0.05, 0.1) is 6.61 Å². The molecule has 2 rings (SSSR count). The van der Waals surface area contributed by atoms with Crippen LogP contribution in [0, 0.1) is 0 Å². The van der Waals surface area contributed by atoms with Crippen molar-refractivity contribution in [2.75, 3.05) is 24.3 Å². The lowest BCUT2D eigenvalue weighted by molar-refractivity contribution is -0.115. The number of thioether (sulfide) groups is 1. The number of carbonyl (C=O) groups excluding carboxylic acids is 1. The van der Waals surface area contributed by atoms with E-state index in [1.807, 2.05) is 37.3 Å². The summed E-state index contributed by atoms with van der Waals surface area (Å²) in [6.45, 7) is 3.29. The largest absolute Gasteiger partial charge is 0.381 e. The minimum Gasteiger partial charge on any atom is -0.381 e. The molecule has 22 heavy (non-hydrogen) atoms. The number of hydrogen-bond donors (Lipinski definition) is 1. The van der Waals surface area contributed by atoms with Crippen molar-refractivity contribution in [2.24, 2.45) is 0 Å². The summed E-state index contributed by atoms with van der Waals surface area (Å²) in [6.07, 6.45) is 1.18. The number of rotatable bonds is 9. The Bertz CT molecular complexity index is 575.